The molecule has 0 saturated heterocycles. The number of unbranched alkanes of at least 4 members (excludes halogenated alkanes) is 8. The molecule has 0 heterocycles. The van der Waals surface area contributed by atoms with Crippen LogP contribution in [0.2, 0.25) is 0 Å². The van der Waals surface area contributed by atoms with E-state index in [9.17, 15) is 0 Å². The maximum Gasteiger partial charge on any atom is -0.0351 e. The Labute approximate surface area is 109 Å². The maximum absolute atomic E-state index is 2.36. The lowest BCUT2D eigenvalue weighted by atomic mass is 10.1. The number of rotatable bonds is 12. The van der Waals surface area contributed by atoms with Gasteiger partial charge in [0.2, 0.25) is 0 Å². The van der Waals surface area contributed by atoms with Crippen LogP contribution in [0, 0.1) is 0 Å². The molecule has 0 aromatic rings. The Bertz CT molecular complexity index is 156. The van der Waals surface area contributed by atoms with Crippen LogP contribution in [0.1, 0.15) is 84.5 Å². The molecule has 0 atom stereocenters. The highest BCUT2D eigenvalue weighted by molar-refractivity contribution is 4.81. The van der Waals surface area contributed by atoms with Crippen molar-refractivity contribution in [2.24, 2.45) is 0 Å². The zero-order valence-corrected chi connectivity index (χ0v) is 12.1. The summed E-state index contributed by atoms with van der Waals surface area (Å²) in [5.41, 5.74) is 0. The van der Waals surface area contributed by atoms with Crippen LogP contribution < -0.4 is 0 Å². The molecule has 0 amide bonds. The van der Waals surface area contributed by atoms with Crippen molar-refractivity contribution in [3.8, 4) is 0 Å². The highest BCUT2D eigenvalue weighted by Crippen LogP contribution is 2.08. The third kappa shape index (κ3) is 15.5. The summed E-state index contributed by atoms with van der Waals surface area (Å²) in [5.74, 6) is 0. The van der Waals surface area contributed by atoms with Crippen molar-refractivity contribution < 1.29 is 0 Å². The van der Waals surface area contributed by atoms with Gasteiger partial charge >= 0.3 is 0 Å². The van der Waals surface area contributed by atoms with Crippen molar-refractivity contribution in [3.05, 3.63) is 24.3 Å². The van der Waals surface area contributed by atoms with E-state index in [-0.39, 0.29) is 0 Å². The van der Waals surface area contributed by atoms with Gasteiger partial charge in [0, 0.05) is 0 Å². The second kappa shape index (κ2) is 15.5. The van der Waals surface area contributed by atoms with Gasteiger partial charge in [-0.05, 0) is 38.5 Å². The Morgan fingerprint density at radius 2 is 0.824 bits per heavy atom. The Balaban J connectivity index is 3.03. The third-order valence-corrected chi connectivity index (χ3v) is 2.99. The minimum Gasteiger partial charge on any atom is -0.0885 e. The van der Waals surface area contributed by atoms with Gasteiger partial charge in [-0.3, -0.25) is 0 Å². The normalized spacial score (nSPS) is 11.9. The standard InChI is InChI=1S/C17H32/c1-3-5-7-9-11-13-15-17-16-14-12-10-8-6-4-2/h7-10H,3-6,11-17H2,1-2H3. The van der Waals surface area contributed by atoms with Crippen LogP contribution in [-0.4, -0.2) is 0 Å². The van der Waals surface area contributed by atoms with E-state index in [1.54, 1.807) is 0 Å². The molecule has 0 N–H and O–H groups in total. The molecule has 17 heavy (non-hydrogen) atoms. The summed E-state index contributed by atoms with van der Waals surface area (Å²) < 4.78 is 0. The van der Waals surface area contributed by atoms with E-state index in [0.717, 1.165) is 0 Å². The SMILES string of the molecule is CCCC=CCCCCCCCC=CCCC. The van der Waals surface area contributed by atoms with E-state index in [0.29, 0.717) is 0 Å². The Morgan fingerprint density at radius 3 is 1.24 bits per heavy atom. The highest BCUT2D eigenvalue weighted by atomic mass is 13.9. The van der Waals surface area contributed by atoms with Gasteiger partial charge in [0.05, 0.1) is 0 Å². The minimum atomic E-state index is 1.25. The van der Waals surface area contributed by atoms with Gasteiger partial charge in [0.25, 0.3) is 0 Å². The van der Waals surface area contributed by atoms with Crippen LogP contribution in [-0.2, 0) is 0 Å². The molecule has 0 saturated carbocycles. The Hall–Kier alpha value is -0.520. The highest BCUT2D eigenvalue weighted by Gasteiger charge is 1.88. The third-order valence-electron chi connectivity index (χ3n) is 2.99. The van der Waals surface area contributed by atoms with Crippen molar-refractivity contribution in [2.75, 3.05) is 0 Å². The van der Waals surface area contributed by atoms with Gasteiger partial charge in [-0.2, -0.15) is 0 Å². The van der Waals surface area contributed by atoms with Crippen LogP contribution in [0.4, 0.5) is 0 Å². The predicted octanol–water partition coefficient (Wildman–Crippen LogP) is 6.43. The predicted molar refractivity (Wildman–Crippen MR) is 80.4 cm³/mol. The minimum absolute atomic E-state index is 1.25. The first-order valence-electron chi connectivity index (χ1n) is 7.71. The van der Waals surface area contributed by atoms with E-state index >= 15 is 0 Å². The molecular formula is C17H32. The van der Waals surface area contributed by atoms with Gasteiger partial charge < -0.3 is 0 Å². The molecule has 0 nitrogen and oxygen atoms in total. The smallest absolute Gasteiger partial charge is 0.0351 e. The lowest BCUT2D eigenvalue weighted by molar-refractivity contribution is 0.621. The lowest BCUT2D eigenvalue weighted by Crippen LogP contribution is -1.78. The molecule has 0 aliphatic heterocycles. The molecule has 0 fully saturated rings. The van der Waals surface area contributed by atoms with Crippen molar-refractivity contribution in [2.45, 2.75) is 84.5 Å². The molecule has 0 aliphatic carbocycles. The average molecular weight is 236 g/mol. The summed E-state index contributed by atoms with van der Waals surface area (Å²) in [6.07, 6.45) is 24.0. The molecule has 0 bridgehead atoms. The van der Waals surface area contributed by atoms with Crippen LogP contribution in [0.3, 0.4) is 0 Å². The van der Waals surface area contributed by atoms with Crippen molar-refractivity contribution in [1.82, 2.24) is 0 Å². The van der Waals surface area contributed by atoms with E-state index in [4.69, 9.17) is 0 Å². The van der Waals surface area contributed by atoms with Crippen molar-refractivity contribution in [3.63, 3.8) is 0 Å². The molecule has 0 unspecified atom stereocenters. The van der Waals surface area contributed by atoms with E-state index < -0.39 is 0 Å². The van der Waals surface area contributed by atoms with Gasteiger partial charge in [0.1, 0.15) is 0 Å². The largest absolute Gasteiger partial charge is 0.0885 e. The summed E-state index contributed by atoms with van der Waals surface area (Å²) >= 11 is 0. The first-order valence-corrected chi connectivity index (χ1v) is 7.71. The second-order valence-electron chi connectivity index (χ2n) is 4.87. The molecule has 0 spiro atoms. The fraction of sp³-hybridized carbons (Fsp3) is 0.765. The monoisotopic (exact) mass is 236 g/mol. The molecule has 0 radical (unpaired) electrons. The summed E-state index contributed by atoms with van der Waals surface area (Å²) in [6, 6.07) is 0. The van der Waals surface area contributed by atoms with Crippen LogP contribution in [0.15, 0.2) is 24.3 Å². The maximum atomic E-state index is 2.36. The molecule has 100 valence electrons. The van der Waals surface area contributed by atoms with Crippen molar-refractivity contribution in [1.29, 1.82) is 0 Å². The first kappa shape index (κ1) is 16.5. The van der Waals surface area contributed by atoms with Crippen LogP contribution in [0.25, 0.3) is 0 Å². The first-order chi connectivity index (χ1) is 8.41. The van der Waals surface area contributed by atoms with E-state index in [1.807, 2.05) is 0 Å². The van der Waals surface area contributed by atoms with Gasteiger partial charge in [-0.25, -0.2) is 0 Å². The van der Waals surface area contributed by atoms with Crippen LogP contribution >= 0.6 is 0 Å². The van der Waals surface area contributed by atoms with Gasteiger partial charge in [-0.1, -0.05) is 70.3 Å². The lowest BCUT2D eigenvalue weighted by Gasteiger charge is -1.98. The van der Waals surface area contributed by atoms with Gasteiger partial charge in [-0.15, -0.1) is 0 Å². The number of hydrogen-bond acceptors (Lipinski definition) is 0. The Morgan fingerprint density at radius 1 is 0.471 bits per heavy atom. The quantitative estimate of drug-likeness (QED) is 0.270. The molecule has 0 aromatic carbocycles. The number of allylic oxidation sites excluding steroid dienone is 4. The zero-order valence-electron chi connectivity index (χ0n) is 12.1. The molecule has 0 rings (SSSR count). The molecule has 0 aliphatic rings. The van der Waals surface area contributed by atoms with E-state index in [1.165, 1.54) is 70.6 Å². The molecule has 0 heteroatoms. The Kier molecular flexibility index (Phi) is 15.0. The summed E-state index contributed by atoms with van der Waals surface area (Å²) in [7, 11) is 0. The van der Waals surface area contributed by atoms with E-state index in [2.05, 4.69) is 38.2 Å². The summed E-state index contributed by atoms with van der Waals surface area (Å²) in [6.45, 7) is 4.47. The molecule has 0 aromatic heterocycles. The topological polar surface area (TPSA) is 0 Å². The van der Waals surface area contributed by atoms with Crippen LogP contribution in [0.5, 0.6) is 0 Å². The fourth-order valence-electron chi connectivity index (χ4n) is 1.86. The summed E-state index contributed by atoms with van der Waals surface area (Å²) in [5, 5.41) is 0. The zero-order chi connectivity index (χ0) is 12.6. The number of hydrogen-bond donors (Lipinski definition) is 0. The average Bonchev–Trinajstić information content (AvgIpc) is 2.35. The second-order valence-corrected chi connectivity index (χ2v) is 4.87. The van der Waals surface area contributed by atoms with Crippen molar-refractivity contribution >= 4 is 0 Å². The molecular weight excluding hydrogens is 204 g/mol. The summed E-state index contributed by atoms with van der Waals surface area (Å²) in [4.78, 5) is 0. The van der Waals surface area contributed by atoms with Gasteiger partial charge in [0.15, 0.2) is 0 Å². The fourth-order valence-corrected chi connectivity index (χ4v) is 1.86.